The van der Waals surface area contributed by atoms with E-state index < -0.39 is 18.1 Å². The molecule has 0 bridgehead atoms. The van der Waals surface area contributed by atoms with Crippen molar-refractivity contribution in [1.82, 2.24) is 20.4 Å². The first-order valence-corrected chi connectivity index (χ1v) is 11.7. The molecule has 1 aliphatic rings. The molecule has 2 aromatic heterocycles. The van der Waals surface area contributed by atoms with Crippen molar-refractivity contribution in [3.05, 3.63) is 41.5 Å². The summed E-state index contributed by atoms with van der Waals surface area (Å²) in [4.78, 5) is 11.1. The van der Waals surface area contributed by atoms with Gasteiger partial charge in [-0.15, -0.1) is 0 Å². The van der Waals surface area contributed by atoms with E-state index in [1.807, 2.05) is 24.1 Å². The topological polar surface area (TPSA) is 106 Å². The molecule has 4 rings (SSSR count). The molecule has 1 aromatic carbocycles. The summed E-state index contributed by atoms with van der Waals surface area (Å²) in [5, 5.41) is 16.8. The van der Waals surface area contributed by atoms with Crippen LogP contribution in [0.1, 0.15) is 31.2 Å². The van der Waals surface area contributed by atoms with E-state index in [-0.39, 0.29) is 17.6 Å². The molecule has 0 spiro atoms. The molecule has 0 aliphatic carbocycles. The number of aromatic nitrogens is 3. The third kappa shape index (κ3) is 5.29. The predicted octanol–water partition coefficient (Wildman–Crippen LogP) is 3.47. The lowest BCUT2D eigenvalue weighted by molar-refractivity contribution is 0.0321. The Kier molecular flexibility index (Phi) is 7.63. The maximum Gasteiger partial charge on any atom is 0.192 e. The average molecular weight is 486 g/mol. The summed E-state index contributed by atoms with van der Waals surface area (Å²) in [6.07, 6.45) is 0.248. The second-order valence-corrected chi connectivity index (χ2v) is 8.78. The summed E-state index contributed by atoms with van der Waals surface area (Å²) in [5.41, 5.74) is 1.86. The number of benzene rings is 1. The molecule has 3 aromatic rings. The maximum atomic E-state index is 16.0. The highest BCUT2D eigenvalue weighted by Gasteiger charge is 2.28. The molecular weight excluding hydrogens is 453 g/mol. The highest BCUT2D eigenvalue weighted by atomic mass is 19.1. The van der Waals surface area contributed by atoms with Gasteiger partial charge in [-0.25, -0.2) is 14.4 Å². The van der Waals surface area contributed by atoms with E-state index in [0.29, 0.717) is 47.4 Å². The molecule has 0 saturated carbocycles. The largest absolute Gasteiger partial charge is 0.473 e. The third-order valence-electron chi connectivity index (χ3n) is 6.25. The number of ether oxygens (including phenoxy) is 2. The third-order valence-corrected chi connectivity index (χ3v) is 6.25. The van der Waals surface area contributed by atoms with Crippen molar-refractivity contribution in [3.63, 3.8) is 0 Å². The Morgan fingerprint density at radius 3 is 2.60 bits per heavy atom. The van der Waals surface area contributed by atoms with Crippen molar-refractivity contribution < 1.29 is 23.5 Å². The number of hydrogen-bond donors (Lipinski definition) is 2. The van der Waals surface area contributed by atoms with Crippen LogP contribution >= 0.6 is 0 Å². The Balaban J connectivity index is 1.81. The Morgan fingerprint density at radius 1 is 1.23 bits per heavy atom. The SMILES string of the molecule is CNC(Oc1cccc(-c2nc(-c3c(C)noc3C)c(F)c(N(C)C3CCOCC3)n2)c1)C(C)O. The number of nitrogens with zero attached hydrogens (tertiary/aromatic N) is 4. The molecule has 1 aliphatic heterocycles. The van der Waals surface area contributed by atoms with Crippen molar-refractivity contribution >= 4 is 5.82 Å². The number of aliphatic hydroxyl groups is 1. The zero-order chi connectivity index (χ0) is 25.1. The molecule has 0 radical (unpaired) electrons. The van der Waals surface area contributed by atoms with Gasteiger partial charge in [0.15, 0.2) is 23.7 Å². The van der Waals surface area contributed by atoms with Crippen LogP contribution in [0.4, 0.5) is 10.2 Å². The van der Waals surface area contributed by atoms with Gasteiger partial charge >= 0.3 is 0 Å². The lowest BCUT2D eigenvalue weighted by Gasteiger charge is -2.32. The highest BCUT2D eigenvalue weighted by molar-refractivity contribution is 5.71. The van der Waals surface area contributed by atoms with E-state index in [9.17, 15) is 5.11 Å². The smallest absolute Gasteiger partial charge is 0.192 e. The summed E-state index contributed by atoms with van der Waals surface area (Å²) in [6, 6.07) is 7.30. The van der Waals surface area contributed by atoms with Gasteiger partial charge < -0.3 is 24.0 Å². The van der Waals surface area contributed by atoms with Gasteiger partial charge in [0.05, 0.1) is 11.3 Å². The van der Waals surface area contributed by atoms with Crippen LogP contribution in [0.15, 0.2) is 28.8 Å². The van der Waals surface area contributed by atoms with Crippen LogP contribution in [0.5, 0.6) is 5.75 Å². The van der Waals surface area contributed by atoms with Gasteiger partial charge in [0.25, 0.3) is 0 Å². The van der Waals surface area contributed by atoms with Crippen molar-refractivity contribution in [2.75, 3.05) is 32.2 Å². The van der Waals surface area contributed by atoms with Crippen molar-refractivity contribution in [2.45, 2.75) is 52.0 Å². The van der Waals surface area contributed by atoms with Gasteiger partial charge in [-0.1, -0.05) is 17.3 Å². The number of halogens is 1. The lowest BCUT2D eigenvalue weighted by Crippen LogP contribution is -2.40. The Morgan fingerprint density at radius 2 is 1.97 bits per heavy atom. The number of aryl methyl sites for hydroxylation is 2. The Hall–Kier alpha value is -3.08. The summed E-state index contributed by atoms with van der Waals surface area (Å²) in [7, 11) is 3.56. The minimum Gasteiger partial charge on any atom is -0.473 e. The van der Waals surface area contributed by atoms with Crippen LogP contribution in [-0.2, 0) is 4.74 Å². The Bertz CT molecular complexity index is 1140. The molecule has 1 fully saturated rings. The fraction of sp³-hybridized carbons (Fsp3) is 0.480. The van der Waals surface area contributed by atoms with Crippen LogP contribution in [0.3, 0.4) is 0 Å². The molecule has 188 valence electrons. The number of rotatable bonds is 8. The molecule has 3 heterocycles. The first-order valence-electron chi connectivity index (χ1n) is 11.7. The number of likely N-dealkylation sites (N-methyl/N-ethyl adjacent to an activating group) is 1. The second-order valence-electron chi connectivity index (χ2n) is 8.78. The fourth-order valence-corrected chi connectivity index (χ4v) is 4.28. The summed E-state index contributed by atoms with van der Waals surface area (Å²) in [6.45, 7) is 6.39. The number of nitrogens with one attached hydrogen (secondary N) is 1. The monoisotopic (exact) mass is 485 g/mol. The van der Waals surface area contributed by atoms with E-state index in [4.69, 9.17) is 14.0 Å². The van der Waals surface area contributed by atoms with Crippen molar-refractivity contribution in [3.8, 4) is 28.4 Å². The van der Waals surface area contributed by atoms with Gasteiger partial charge in [-0.3, -0.25) is 5.32 Å². The van der Waals surface area contributed by atoms with E-state index in [2.05, 4.69) is 20.4 Å². The zero-order valence-electron chi connectivity index (χ0n) is 20.7. The summed E-state index contributed by atoms with van der Waals surface area (Å²) < 4.78 is 32.6. The minimum atomic E-state index is -0.725. The van der Waals surface area contributed by atoms with Gasteiger partial charge in [-0.2, -0.15) is 0 Å². The number of aliphatic hydroxyl groups excluding tert-OH is 1. The molecular formula is C25H32FN5O4. The maximum absolute atomic E-state index is 16.0. The molecule has 10 heteroatoms. The molecule has 35 heavy (non-hydrogen) atoms. The fourth-order valence-electron chi connectivity index (χ4n) is 4.28. The number of hydrogen-bond acceptors (Lipinski definition) is 9. The van der Waals surface area contributed by atoms with Gasteiger partial charge in [-0.05, 0) is 52.8 Å². The van der Waals surface area contributed by atoms with Crippen LogP contribution in [-0.4, -0.2) is 65.9 Å². The summed E-state index contributed by atoms with van der Waals surface area (Å²) in [5.74, 6) is 1.04. The van der Waals surface area contributed by atoms with Gasteiger partial charge in [0.1, 0.15) is 23.3 Å². The van der Waals surface area contributed by atoms with Crippen molar-refractivity contribution in [2.24, 2.45) is 0 Å². The normalized spacial score (nSPS) is 16.2. The molecule has 2 atom stereocenters. The van der Waals surface area contributed by atoms with Crippen LogP contribution in [0.2, 0.25) is 0 Å². The standard InChI is InChI=1S/C25H32FN5O4/c1-14-20(16(3)35-30-14)22-21(26)24(31(5)18-9-11-33-12-10-18)29-23(28-22)17-7-6-8-19(13-17)34-25(27-4)15(2)32/h6-8,13,15,18,25,27,32H,9-12H2,1-5H3. The summed E-state index contributed by atoms with van der Waals surface area (Å²) >= 11 is 0. The number of anilines is 1. The quantitative estimate of drug-likeness (QED) is 0.464. The van der Waals surface area contributed by atoms with Crippen LogP contribution in [0.25, 0.3) is 22.6 Å². The first-order chi connectivity index (χ1) is 16.8. The van der Waals surface area contributed by atoms with Crippen LogP contribution < -0.4 is 15.0 Å². The molecule has 0 amide bonds. The molecule has 1 saturated heterocycles. The average Bonchev–Trinajstić information content (AvgIpc) is 3.20. The lowest BCUT2D eigenvalue weighted by atomic mass is 10.1. The van der Waals surface area contributed by atoms with E-state index >= 15 is 4.39 Å². The van der Waals surface area contributed by atoms with Gasteiger partial charge in [0, 0.05) is 31.9 Å². The molecule has 2 unspecified atom stereocenters. The molecule has 9 nitrogen and oxygen atoms in total. The predicted molar refractivity (Wildman–Crippen MR) is 130 cm³/mol. The zero-order valence-corrected chi connectivity index (χ0v) is 20.7. The highest BCUT2D eigenvalue weighted by Crippen LogP contribution is 2.35. The minimum absolute atomic E-state index is 0.0932. The second kappa shape index (κ2) is 10.7. The van der Waals surface area contributed by atoms with Gasteiger partial charge in [0.2, 0.25) is 0 Å². The Labute approximate surface area is 204 Å². The molecule has 2 N–H and O–H groups in total. The van der Waals surface area contributed by atoms with E-state index in [1.54, 1.807) is 40.0 Å². The first kappa shape index (κ1) is 25.0. The van der Waals surface area contributed by atoms with Crippen LogP contribution in [0, 0.1) is 19.7 Å². The van der Waals surface area contributed by atoms with E-state index in [1.165, 1.54) is 0 Å². The van der Waals surface area contributed by atoms with E-state index in [0.717, 1.165) is 12.8 Å². The van der Waals surface area contributed by atoms with Crippen molar-refractivity contribution in [1.29, 1.82) is 0 Å².